The first-order valence-corrected chi connectivity index (χ1v) is 7.85. The molecule has 2 rings (SSSR count). The Bertz CT molecular complexity index is 624. The number of benzene rings is 2. The van der Waals surface area contributed by atoms with Crippen molar-refractivity contribution in [1.29, 1.82) is 0 Å². The standard InChI is InChI=1S/C18H19NO2S/c1-19(2)18(20)21-13-16(15-9-5-3-6-10-15)14-22-17-11-7-4-8-12-17/h3-12,14H,13H2,1-2H3/b16-14+. The van der Waals surface area contributed by atoms with Crippen molar-refractivity contribution in [3.63, 3.8) is 0 Å². The van der Waals surface area contributed by atoms with Crippen molar-refractivity contribution in [3.05, 3.63) is 71.6 Å². The van der Waals surface area contributed by atoms with Crippen LogP contribution < -0.4 is 0 Å². The zero-order valence-electron chi connectivity index (χ0n) is 12.7. The van der Waals surface area contributed by atoms with E-state index >= 15 is 0 Å². The van der Waals surface area contributed by atoms with E-state index in [1.165, 1.54) is 4.90 Å². The van der Waals surface area contributed by atoms with Crippen molar-refractivity contribution < 1.29 is 9.53 Å². The first-order valence-electron chi connectivity index (χ1n) is 6.97. The summed E-state index contributed by atoms with van der Waals surface area (Å²) in [5.41, 5.74) is 2.03. The van der Waals surface area contributed by atoms with Gasteiger partial charge >= 0.3 is 6.09 Å². The second kappa shape index (κ2) is 8.29. The van der Waals surface area contributed by atoms with E-state index in [0.29, 0.717) is 0 Å². The Morgan fingerprint density at radius 1 is 1.05 bits per heavy atom. The highest BCUT2D eigenvalue weighted by Crippen LogP contribution is 2.25. The van der Waals surface area contributed by atoms with Gasteiger partial charge in [0, 0.05) is 24.6 Å². The first-order chi connectivity index (χ1) is 10.7. The van der Waals surface area contributed by atoms with Gasteiger partial charge in [-0.2, -0.15) is 0 Å². The predicted octanol–water partition coefficient (Wildman–Crippen LogP) is 4.52. The Morgan fingerprint density at radius 2 is 1.64 bits per heavy atom. The number of carbonyl (C=O) groups is 1. The van der Waals surface area contributed by atoms with Crippen LogP contribution in [0.2, 0.25) is 0 Å². The quantitative estimate of drug-likeness (QED) is 0.760. The summed E-state index contributed by atoms with van der Waals surface area (Å²) in [6, 6.07) is 20.1. The molecule has 0 radical (unpaired) electrons. The Kier molecular flexibility index (Phi) is 6.10. The van der Waals surface area contributed by atoms with E-state index in [1.54, 1.807) is 25.9 Å². The zero-order chi connectivity index (χ0) is 15.8. The minimum absolute atomic E-state index is 0.251. The molecule has 0 saturated carbocycles. The van der Waals surface area contributed by atoms with Crippen molar-refractivity contribution in [2.75, 3.05) is 20.7 Å². The van der Waals surface area contributed by atoms with Gasteiger partial charge in [0.15, 0.2) is 0 Å². The largest absolute Gasteiger partial charge is 0.445 e. The number of carbonyl (C=O) groups excluding carboxylic acids is 1. The summed E-state index contributed by atoms with van der Waals surface area (Å²) in [5, 5.41) is 2.04. The van der Waals surface area contributed by atoms with Gasteiger partial charge in [0.25, 0.3) is 0 Å². The van der Waals surface area contributed by atoms with E-state index < -0.39 is 0 Å². The smallest absolute Gasteiger partial charge is 0.409 e. The molecule has 0 aliphatic carbocycles. The Morgan fingerprint density at radius 3 is 2.23 bits per heavy atom. The topological polar surface area (TPSA) is 29.5 Å². The molecule has 0 heterocycles. The minimum Gasteiger partial charge on any atom is -0.445 e. The van der Waals surface area contributed by atoms with Crippen molar-refractivity contribution >= 4 is 23.4 Å². The van der Waals surface area contributed by atoms with E-state index in [0.717, 1.165) is 16.0 Å². The summed E-state index contributed by atoms with van der Waals surface area (Å²) in [6.07, 6.45) is -0.341. The van der Waals surface area contributed by atoms with Crippen LogP contribution in [0, 0.1) is 0 Å². The molecule has 2 aromatic carbocycles. The zero-order valence-corrected chi connectivity index (χ0v) is 13.5. The second-order valence-electron chi connectivity index (χ2n) is 4.89. The van der Waals surface area contributed by atoms with Crippen molar-refractivity contribution in [3.8, 4) is 0 Å². The van der Waals surface area contributed by atoms with Crippen LogP contribution in [0.1, 0.15) is 5.56 Å². The highest BCUT2D eigenvalue weighted by molar-refractivity contribution is 8.02. The fourth-order valence-corrected chi connectivity index (χ4v) is 2.54. The van der Waals surface area contributed by atoms with Gasteiger partial charge in [-0.1, -0.05) is 60.3 Å². The average Bonchev–Trinajstić information content (AvgIpc) is 2.56. The number of nitrogens with zero attached hydrogens (tertiary/aromatic N) is 1. The molecule has 0 N–H and O–H groups in total. The van der Waals surface area contributed by atoms with Crippen LogP contribution in [-0.4, -0.2) is 31.7 Å². The monoisotopic (exact) mass is 313 g/mol. The molecule has 0 aliphatic rings. The van der Waals surface area contributed by atoms with E-state index in [9.17, 15) is 4.79 Å². The summed E-state index contributed by atoms with van der Waals surface area (Å²) >= 11 is 1.62. The summed E-state index contributed by atoms with van der Waals surface area (Å²) in [4.78, 5) is 14.2. The first kappa shape index (κ1) is 16.2. The molecule has 4 heteroatoms. The number of ether oxygens (including phenoxy) is 1. The Hall–Kier alpha value is -2.20. The molecular formula is C18H19NO2S. The van der Waals surface area contributed by atoms with Crippen LogP contribution in [0.4, 0.5) is 4.79 Å². The van der Waals surface area contributed by atoms with Gasteiger partial charge in [-0.05, 0) is 23.1 Å². The Balaban J connectivity index is 2.13. The maximum atomic E-state index is 11.6. The maximum absolute atomic E-state index is 11.6. The summed E-state index contributed by atoms with van der Waals surface area (Å²) in [6.45, 7) is 0.251. The van der Waals surface area contributed by atoms with Crippen LogP contribution in [0.5, 0.6) is 0 Å². The molecule has 0 bridgehead atoms. The van der Waals surface area contributed by atoms with Crippen molar-refractivity contribution in [2.45, 2.75) is 4.90 Å². The lowest BCUT2D eigenvalue weighted by molar-refractivity contribution is 0.131. The molecule has 1 amide bonds. The lowest BCUT2D eigenvalue weighted by Crippen LogP contribution is -2.23. The summed E-state index contributed by atoms with van der Waals surface area (Å²) < 4.78 is 5.31. The minimum atomic E-state index is -0.341. The molecule has 0 aliphatic heterocycles. The molecule has 0 spiro atoms. The lowest BCUT2D eigenvalue weighted by atomic mass is 10.1. The fourth-order valence-electron chi connectivity index (χ4n) is 1.74. The van der Waals surface area contributed by atoms with Crippen LogP contribution in [-0.2, 0) is 4.74 Å². The van der Waals surface area contributed by atoms with E-state index in [-0.39, 0.29) is 12.7 Å². The maximum Gasteiger partial charge on any atom is 0.409 e. The number of hydrogen-bond donors (Lipinski definition) is 0. The van der Waals surface area contributed by atoms with Crippen LogP contribution >= 0.6 is 11.8 Å². The van der Waals surface area contributed by atoms with Gasteiger partial charge in [-0.3, -0.25) is 0 Å². The van der Waals surface area contributed by atoms with Crippen LogP contribution in [0.3, 0.4) is 0 Å². The summed E-state index contributed by atoms with van der Waals surface area (Å²) in [7, 11) is 3.35. The summed E-state index contributed by atoms with van der Waals surface area (Å²) in [5.74, 6) is 0. The van der Waals surface area contributed by atoms with Gasteiger partial charge in [0.05, 0.1) is 0 Å². The van der Waals surface area contributed by atoms with Crippen LogP contribution in [0.25, 0.3) is 5.57 Å². The van der Waals surface area contributed by atoms with Gasteiger partial charge in [-0.25, -0.2) is 4.79 Å². The number of thioether (sulfide) groups is 1. The SMILES string of the molecule is CN(C)C(=O)OC/C(=C\Sc1ccccc1)c1ccccc1. The lowest BCUT2D eigenvalue weighted by Gasteiger charge is -2.13. The van der Waals surface area contributed by atoms with E-state index in [4.69, 9.17) is 4.74 Å². The fraction of sp³-hybridized carbons (Fsp3) is 0.167. The molecule has 22 heavy (non-hydrogen) atoms. The molecule has 3 nitrogen and oxygen atoms in total. The van der Waals surface area contributed by atoms with Gasteiger partial charge in [0.1, 0.15) is 6.61 Å². The normalized spacial score (nSPS) is 11.1. The molecule has 0 aromatic heterocycles. The molecule has 0 saturated heterocycles. The third-order valence-electron chi connectivity index (χ3n) is 2.94. The van der Waals surface area contributed by atoms with E-state index in [1.807, 2.05) is 53.9 Å². The van der Waals surface area contributed by atoms with Gasteiger partial charge in [-0.15, -0.1) is 0 Å². The molecule has 0 atom stereocenters. The average molecular weight is 313 g/mol. The number of rotatable bonds is 5. The highest BCUT2D eigenvalue weighted by Gasteiger charge is 2.08. The Labute approximate surface area is 135 Å². The van der Waals surface area contributed by atoms with E-state index in [2.05, 4.69) is 12.1 Å². The number of amides is 1. The van der Waals surface area contributed by atoms with Crippen LogP contribution in [0.15, 0.2) is 71.0 Å². The van der Waals surface area contributed by atoms with Gasteiger partial charge in [0.2, 0.25) is 0 Å². The highest BCUT2D eigenvalue weighted by atomic mass is 32.2. The molecule has 0 unspecified atom stereocenters. The molecule has 114 valence electrons. The number of hydrogen-bond acceptors (Lipinski definition) is 3. The molecule has 2 aromatic rings. The predicted molar refractivity (Wildman–Crippen MR) is 91.8 cm³/mol. The molecular weight excluding hydrogens is 294 g/mol. The van der Waals surface area contributed by atoms with Crippen molar-refractivity contribution in [2.24, 2.45) is 0 Å². The second-order valence-corrected chi connectivity index (χ2v) is 5.83. The molecule has 0 fully saturated rings. The van der Waals surface area contributed by atoms with Crippen molar-refractivity contribution in [1.82, 2.24) is 4.90 Å². The third-order valence-corrected chi connectivity index (χ3v) is 3.89. The third kappa shape index (κ3) is 4.97. The van der Waals surface area contributed by atoms with Gasteiger partial charge < -0.3 is 9.64 Å².